The highest BCUT2D eigenvalue weighted by Crippen LogP contribution is 2.51. The highest BCUT2D eigenvalue weighted by molar-refractivity contribution is 7.27. The van der Waals surface area contributed by atoms with Gasteiger partial charge < -0.3 is 0 Å². The molecular formula is C46H27N3S. The van der Waals surface area contributed by atoms with Crippen LogP contribution >= 0.6 is 11.3 Å². The Labute approximate surface area is 291 Å². The van der Waals surface area contributed by atoms with E-state index in [0.717, 1.165) is 33.5 Å². The second-order valence-corrected chi connectivity index (χ2v) is 13.9. The average molecular weight is 654 g/mol. The molecule has 0 aliphatic carbocycles. The van der Waals surface area contributed by atoms with Crippen molar-refractivity contribution in [2.75, 3.05) is 0 Å². The molecule has 3 heterocycles. The van der Waals surface area contributed by atoms with Crippen LogP contribution in [-0.2, 0) is 0 Å². The van der Waals surface area contributed by atoms with E-state index >= 15 is 0 Å². The number of rotatable bonds is 3. The van der Waals surface area contributed by atoms with Gasteiger partial charge in [-0.15, -0.1) is 11.3 Å². The van der Waals surface area contributed by atoms with Crippen LogP contribution in [0, 0.1) is 0 Å². The van der Waals surface area contributed by atoms with Gasteiger partial charge >= 0.3 is 0 Å². The smallest absolute Gasteiger partial charge is 0.235 e. The molecular weight excluding hydrogens is 627 g/mol. The van der Waals surface area contributed by atoms with E-state index in [1.165, 1.54) is 63.3 Å². The lowest BCUT2D eigenvalue weighted by Crippen LogP contribution is -2.04. The van der Waals surface area contributed by atoms with Crippen molar-refractivity contribution < 1.29 is 0 Å². The van der Waals surface area contributed by atoms with Crippen molar-refractivity contribution in [3.05, 3.63) is 164 Å². The number of hydrogen-bond acceptors (Lipinski definition) is 3. The van der Waals surface area contributed by atoms with E-state index in [2.05, 4.69) is 156 Å². The van der Waals surface area contributed by atoms with Crippen LogP contribution in [0.4, 0.5) is 0 Å². The Morgan fingerprint density at radius 1 is 0.400 bits per heavy atom. The summed E-state index contributed by atoms with van der Waals surface area (Å²) < 4.78 is 4.86. The quantitative estimate of drug-likeness (QED) is 0.178. The zero-order valence-electron chi connectivity index (χ0n) is 26.8. The van der Waals surface area contributed by atoms with Crippen LogP contribution in [0.3, 0.4) is 0 Å². The number of hydrogen-bond donors (Lipinski definition) is 0. The first kappa shape index (κ1) is 27.6. The van der Waals surface area contributed by atoms with Gasteiger partial charge in [-0.25, -0.2) is 9.97 Å². The van der Waals surface area contributed by atoms with Crippen LogP contribution in [0.15, 0.2) is 164 Å². The minimum Gasteiger partial charge on any atom is -0.276 e. The highest BCUT2D eigenvalue weighted by Gasteiger charge is 2.26. The van der Waals surface area contributed by atoms with Crippen molar-refractivity contribution in [1.29, 1.82) is 0 Å². The van der Waals surface area contributed by atoms with E-state index in [1.54, 1.807) is 0 Å². The Morgan fingerprint density at radius 2 is 0.880 bits per heavy atom. The van der Waals surface area contributed by atoms with Crippen LogP contribution < -0.4 is 0 Å². The lowest BCUT2D eigenvalue weighted by molar-refractivity contribution is 0.998. The van der Waals surface area contributed by atoms with E-state index in [0.29, 0.717) is 5.95 Å². The van der Waals surface area contributed by atoms with Crippen molar-refractivity contribution in [2.24, 2.45) is 0 Å². The summed E-state index contributed by atoms with van der Waals surface area (Å²) in [7, 11) is 0. The largest absolute Gasteiger partial charge is 0.276 e. The van der Waals surface area contributed by atoms with Crippen molar-refractivity contribution >= 4 is 85.6 Å². The average Bonchev–Trinajstić information content (AvgIpc) is 3.75. The fraction of sp³-hybridized carbons (Fsp3) is 0. The maximum atomic E-state index is 5.38. The molecule has 232 valence electrons. The van der Waals surface area contributed by atoms with Gasteiger partial charge in [-0.2, -0.15) is 0 Å². The maximum Gasteiger partial charge on any atom is 0.235 e. The summed E-state index contributed by atoms with van der Waals surface area (Å²) in [6, 6.07) is 58.5. The van der Waals surface area contributed by atoms with Crippen LogP contribution in [0.2, 0.25) is 0 Å². The molecule has 50 heavy (non-hydrogen) atoms. The standard InChI is InChI=1S/C46H27N3S/c1-3-15-28(16-4-1)36-27-37(29-17-5-2-6-18-29)48-46(47-36)49-38-25-13-11-23-34(38)42-40-32-21-9-7-19-30(32)31-20-8-10-22-33(31)41(40)43-35-24-12-14-26-39(35)50-45(43)44(42)49/h1-27H. The minimum absolute atomic E-state index is 0.666. The zero-order valence-corrected chi connectivity index (χ0v) is 27.7. The Kier molecular flexibility index (Phi) is 5.83. The molecule has 0 aliphatic rings. The van der Waals surface area contributed by atoms with Gasteiger partial charge in [0.2, 0.25) is 5.95 Å². The van der Waals surface area contributed by atoms with E-state index < -0.39 is 0 Å². The number of fused-ring (bicyclic) bond motifs is 15. The second kappa shape index (κ2) is 10.6. The molecule has 11 rings (SSSR count). The van der Waals surface area contributed by atoms with Crippen molar-refractivity contribution in [3.8, 4) is 28.5 Å². The molecule has 0 amide bonds. The fourth-order valence-electron chi connectivity index (χ4n) is 8.08. The number of benzene rings is 8. The van der Waals surface area contributed by atoms with Crippen molar-refractivity contribution in [3.63, 3.8) is 0 Å². The van der Waals surface area contributed by atoms with E-state index in [4.69, 9.17) is 9.97 Å². The van der Waals surface area contributed by atoms with Gasteiger partial charge in [0.25, 0.3) is 0 Å². The molecule has 0 saturated carbocycles. The van der Waals surface area contributed by atoms with Crippen LogP contribution in [0.1, 0.15) is 0 Å². The lowest BCUT2D eigenvalue weighted by Gasteiger charge is -2.15. The topological polar surface area (TPSA) is 30.7 Å². The molecule has 8 aromatic carbocycles. The number of nitrogens with zero attached hydrogens (tertiary/aromatic N) is 3. The van der Waals surface area contributed by atoms with Crippen molar-refractivity contribution in [1.82, 2.24) is 14.5 Å². The highest BCUT2D eigenvalue weighted by atomic mass is 32.1. The van der Waals surface area contributed by atoms with Gasteiger partial charge in [-0.05, 0) is 39.7 Å². The van der Waals surface area contributed by atoms with Gasteiger partial charge in [0.1, 0.15) is 0 Å². The summed E-state index contributed by atoms with van der Waals surface area (Å²) in [6.45, 7) is 0. The number of aromatic nitrogens is 3. The van der Waals surface area contributed by atoms with E-state index in [1.807, 2.05) is 23.5 Å². The van der Waals surface area contributed by atoms with Gasteiger partial charge in [0, 0.05) is 48.1 Å². The molecule has 4 heteroatoms. The third-order valence-corrected chi connectivity index (χ3v) is 11.3. The first-order chi connectivity index (χ1) is 24.8. The first-order valence-corrected chi connectivity index (χ1v) is 17.7. The molecule has 0 bridgehead atoms. The first-order valence-electron chi connectivity index (χ1n) is 16.9. The third-order valence-electron chi connectivity index (χ3n) is 10.2. The lowest BCUT2D eigenvalue weighted by atomic mass is 9.89. The normalized spacial score (nSPS) is 12.0. The van der Waals surface area contributed by atoms with Crippen LogP contribution in [-0.4, -0.2) is 14.5 Å². The van der Waals surface area contributed by atoms with Gasteiger partial charge in [0.15, 0.2) is 0 Å². The predicted molar refractivity (Wildman–Crippen MR) is 213 cm³/mol. The second-order valence-electron chi connectivity index (χ2n) is 12.9. The van der Waals surface area contributed by atoms with Gasteiger partial charge in [-0.1, -0.05) is 146 Å². The predicted octanol–water partition coefficient (Wildman–Crippen LogP) is 12.7. The summed E-state index contributed by atoms with van der Waals surface area (Å²) in [6.07, 6.45) is 0. The van der Waals surface area contributed by atoms with Gasteiger partial charge in [-0.3, -0.25) is 4.57 Å². The molecule has 3 aromatic heterocycles. The molecule has 3 nitrogen and oxygen atoms in total. The molecule has 11 aromatic rings. The molecule has 0 aliphatic heterocycles. The van der Waals surface area contributed by atoms with Crippen LogP contribution in [0.5, 0.6) is 0 Å². The Bertz CT molecular complexity index is 3080. The fourth-order valence-corrected chi connectivity index (χ4v) is 9.34. The summed E-state index contributed by atoms with van der Waals surface area (Å²) in [4.78, 5) is 10.8. The van der Waals surface area contributed by atoms with E-state index in [9.17, 15) is 0 Å². The number of thiophene rings is 1. The monoisotopic (exact) mass is 653 g/mol. The van der Waals surface area contributed by atoms with Crippen molar-refractivity contribution in [2.45, 2.75) is 0 Å². The molecule has 0 unspecified atom stereocenters. The summed E-state index contributed by atoms with van der Waals surface area (Å²) in [5, 5.41) is 12.7. The molecule has 0 saturated heterocycles. The zero-order chi connectivity index (χ0) is 32.8. The molecule has 0 atom stereocenters. The minimum atomic E-state index is 0.666. The Balaban J connectivity index is 1.42. The summed E-state index contributed by atoms with van der Waals surface area (Å²) >= 11 is 1.87. The SMILES string of the molecule is c1ccc(-c2cc(-c3ccccc3)nc(-n3c4ccccc4c4c5c6ccccc6c6ccccc6c5c5c6ccccc6sc5c43)n2)cc1. The summed E-state index contributed by atoms with van der Waals surface area (Å²) in [5.41, 5.74) is 6.15. The number of para-hydroxylation sites is 1. The summed E-state index contributed by atoms with van der Waals surface area (Å²) in [5.74, 6) is 0.666. The van der Waals surface area contributed by atoms with E-state index in [-0.39, 0.29) is 0 Å². The van der Waals surface area contributed by atoms with Crippen LogP contribution in [0.25, 0.3) is 103 Å². The molecule has 0 spiro atoms. The Hall–Kier alpha value is -6.36. The third kappa shape index (κ3) is 3.85. The molecule has 0 fully saturated rings. The maximum absolute atomic E-state index is 5.38. The molecule has 0 radical (unpaired) electrons. The molecule has 0 N–H and O–H groups in total. The van der Waals surface area contributed by atoms with Gasteiger partial charge in [0.05, 0.1) is 27.1 Å². The Morgan fingerprint density at radius 3 is 1.50 bits per heavy atom.